The summed E-state index contributed by atoms with van der Waals surface area (Å²) in [6.07, 6.45) is 1.04. The van der Waals surface area contributed by atoms with E-state index < -0.39 is 6.09 Å². The molecule has 0 radical (unpaired) electrons. The molecular weight excluding hydrogens is 384 g/mol. The van der Waals surface area contributed by atoms with Gasteiger partial charge in [0.2, 0.25) is 0 Å². The van der Waals surface area contributed by atoms with Crippen LogP contribution in [0.3, 0.4) is 0 Å². The van der Waals surface area contributed by atoms with E-state index in [0.29, 0.717) is 18.2 Å². The number of aromatic amines is 1. The van der Waals surface area contributed by atoms with Gasteiger partial charge in [0, 0.05) is 24.7 Å². The second-order valence-corrected chi connectivity index (χ2v) is 6.79. The van der Waals surface area contributed by atoms with E-state index in [9.17, 15) is 4.79 Å². The summed E-state index contributed by atoms with van der Waals surface area (Å²) in [5.41, 5.74) is 9.40. The summed E-state index contributed by atoms with van der Waals surface area (Å²) in [5, 5.41) is 10.5. The zero-order chi connectivity index (χ0) is 20.9. The Morgan fingerprint density at radius 3 is 2.97 bits per heavy atom. The Bertz CT molecular complexity index is 1120. The molecule has 154 valence electrons. The van der Waals surface area contributed by atoms with Crippen LogP contribution in [0.1, 0.15) is 5.56 Å². The third-order valence-electron chi connectivity index (χ3n) is 4.84. The summed E-state index contributed by atoms with van der Waals surface area (Å²) in [5.74, 6) is 7.29. The van der Waals surface area contributed by atoms with E-state index >= 15 is 0 Å². The Labute approximate surface area is 173 Å². The first kappa shape index (κ1) is 19.7. The molecule has 1 fully saturated rings. The maximum Gasteiger partial charge on any atom is 0.412 e. The Kier molecular flexibility index (Phi) is 5.79. The van der Waals surface area contributed by atoms with Gasteiger partial charge in [0.25, 0.3) is 0 Å². The normalized spacial score (nSPS) is 14.2. The highest BCUT2D eigenvalue weighted by atomic mass is 16.5. The lowest BCUT2D eigenvalue weighted by atomic mass is 10.0. The maximum atomic E-state index is 11.5. The van der Waals surface area contributed by atoms with E-state index in [0.717, 1.165) is 53.9 Å². The van der Waals surface area contributed by atoms with Crippen molar-refractivity contribution in [3.63, 3.8) is 0 Å². The molecule has 1 amide bonds. The van der Waals surface area contributed by atoms with E-state index in [1.54, 1.807) is 12.3 Å². The highest BCUT2D eigenvalue weighted by molar-refractivity contribution is 5.96. The van der Waals surface area contributed by atoms with Crippen molar-refractivity contribution in [3.8, 4) is 23.0 Å². The van der Waals surface area contributed by atoms with Crippen LogP contribution in [0.4, 0.5) is 16.4 Å². The number of methoxy groups -OCH3 is 1. The summed E-state index contributed by atoms with van der Waals surface area (Å²) in [6.45, 7) is 3.91. The number of amides is 1. The average Bonchev–Trinajstić information content (AvgIpc) is 3.15. The molecule has 30 heavy (non-hydrogen) atoms. The summed E-state index contributed by atoms with van der Waals surface area (Å²) >= 11 is 0. The average molecular weight is 406 g/mol. The number of anilines is 2. The number of nitrogens with two attached hydrogens (primary N) is 1. The molecule has 3 aromatic rings. The van der Waals surface area contributed by atoms with Crippen molar-refractivity contribution in [2.45, 2.75) is 0 Å². The van der Waals surface area contributed by atoms with Crippen LogP contribution in [-0.4, -0.2) is 66.1 Å². The topological polar surface area (TPSA) is 118 Å². The Hall–Kier alpha value is -3.61. The molecule has 0 saturated carbocycles. The maximum absolute atomic E-state index is 11.5. The highest BCUT2D eigenvalue weighted by Crippen LogP contribution is 2.30. The van der Waals surface area contributed by atoms with Gasteiger partial charge in [0.05, 0.1) is 37.9 Å². The fourth-order valence-electron chi connectivity index (χ4n) is 3.25. The molecule has 4 rings (SSSR count). The number of pyridine rings is 1. The lowest BCUT2D eigenvalue weighted by Crippen LogP contribution is -2.36. The molecule has 1 saturated heterocycles. The number of benzene rings is 1. The number of hydrogen-bond acceptors (Lipinski definition) is 7. The number of carbonyl (C=O) groups excluding carboxylic acids is 1. The van der Waals surface area contributed by atoms with Crippen LogP contribution in [0, 0.1) is 11.8 Å². The number of nitrogens with zero attached hydrogens (tertiary/aromatic N) is 3. The van der Waals surface area contributed by atoms with Crippen molar-refractivity contribution in [1.29, 1.82) is 0 Å². The number of nitrogens with one attached hydrogen (secondary N) is 2. The molecule has 4 N–H and O–H groups in total. The van der Waals surface area contributed by atoms with Crippen molar-refractivity contribution in [3.05, 3.63) is 36.0 Å². The minimum Gasteiger partial charge on any atom is -0.453 e. The zero-order valence-electron chi connectivity index (χ0n) is 16.6. The molecule has 3 heterocycles. The number of ether oxygens (including phenoxy) is 2. The molecule has 1 aliphatic rings. The van der Waals surface area contributed by atoms with Crippen molar-refractivity contribution < 1.29 is 14.3 Å². The smallest absolute Gasteiger partial charge is 0.412 e. The molecule has 0 spiro atoms. The summed E-state index contributed by atoms with van der Waals surface area (Å²) in [7, 11) is 1.30. The third-order valence-corrected chi connectivity index (χ3v) is 4.84. The van der Waals surface area contributed by atoms with Gasteiger partial charge < -0.3 is 15.2 Å². The Morgan fingerprint density at radius 1 is 1.33 bits per heavy atom. The summed E-state index contributed by atoms with van der Waals surface area (Å²) in [4.78, 5) is 17.9. The first-order valence-corrected chi connectivity index (χ1v) is 9.52. The number of hydrogen-bond donors (Lipinski definition) is 3. The number of nitrogen functional groups attached to an aromatic ring is 1. The molecule has 0 atom stereocenters. The third kappa shape index (κ3) is 4.35. The van der Waals surface area contributed by atoms with Gasteiger partial charge in [-0.1, -0.05) is 11.8 Å². The van der Waals surface area contributed by atoms with Gasteiger partial charge in [-0.2, -0.15) is 5.10 Å². The Morgan fingerprint density at radius 2 is 2.17 bits per heavy atom. The SMILES string of the molecule is COC(=O)Nc1cc(-c2cc(C#CCN3CCOCC3)c3[nH]nc(N)c3c2)ccn1. The fraction of sp³-hybridized carbons (Fsp3) is 0.286. The van der Waals surface area contributed by atoms with Gasteiger partial charge in [-0.25, -0.2) is 9.78 Å². The largest absolute Gasteiger partial charge is 0.453 e. The zero-order valence-corrected chi connectivity index (χ0v) is 16.6. The van der Waals surface area contributed by atoms with Crippen molar-refractivity contribution >= 4 is 28.6 Å². The minimum absolute atomic E-state index is 0.388. The molecular formula is C21H22N6O3. The van der Waals surface area contributed by atoms with Crippen LogP contribution < -0.4 is 11.1 Å². The van der Waals surface area contributed by atoms with Gasteiger partial charge >= 0.3 is 6.09 Å². The molecule has 2 aromatic heterocycles. The van der Waals surface area contributed by atoms with Crippen molar-refractivity contribution in [1.82, 2.24) is 20.1 Å². The van der Waals surface area contributed by atoms with Crippen LogP contribution in [0.5, 0.6) is 0 Å². The monoisotopic (exact) mass is 406 g/mol. The summed E-state index contributed by atoms with van der Waals surface area (Å²) < 4.78 is 10.0. The molecule has 1 aromatic carbocycles. The van der Waals surface area contributed by atoms with Gasteiger partial charge in [-0.05, 0) is 35.4 Å². The fourth-order valence-corrected chi connectivity index (χ4v) is 3.25. The van der Waals surface area contributed by atoms with Crippen molar-refractivity contribution in [2.75, 3.05) is 51.0 Å². The predicted octanol–water partition coefficient (Wildman–Crippen LogP) is 2.07. The van der Waals surface area contributed by atoms with Crippen LogP contribution in [0.2, 0.25) is 0 Å². The highest BCUT2D eigenvalue weighted by Gasteiger charge is 2.12. The van der Waals surface area contributed by atoms with Crippen LogP contribution >= 0.6 is 0 Å². The van der Waals surface area contributed by atoms with Crippen molar-refractivity contribution in [2.24, 2.45) is 0 Å². The van der Waals surface area contributed by atoms with Gasteiger partial charge in [-0.3, -0.25) is 15.3 Å². The molecule has 0 unspecified atom stereocenters. The lowest BCUT2D eigenvalue weighted by molar-refractivity contribution is 0.0443. The van der Waals surface area contributed by atoms with Gasteiger partial charge in [-0.15, -0.1) is 0 Å². The first-order valence-electron chi connectivity index (χ1n) is 9.52. The quantitative estimate of drug-likeness (QED) is 0.570. The second kappa shape index (κ2) is 8.82. The number of rotatable bonds is 3. The molecule has 0 bridgehead atoms. The molecule has 1 aliphatic heterocycles. The number of morpholine rings is 1. The lowest BCUT2D eigenvalue weighted by Gasteiger charge is -2.24. The van der Waals surface area contributed by atoms with Gasteiger partial charge in [0.1, 0.15) is 5.82 Å². The number of carbonyl (C=O) groups is 1. The van der Waals surface area contributed by atoms with Gasteiger partial charge in [0.15, 0.2) is 5.82 Å². The molecule has 9 heteroatoms. The molecule has 9 nitrogen and oxygen atoms in total. The van der Waals surface area contributed by atoms with Crippen LogP contribution in [-0.2, 0) is 9.47 Å². The number of aromatic nitrogens is 3. The first-order chi connectivity index (χ1) is 14.6. The second-order valence-electron chi connectivity index (χ2n) is 6.79. The number of fused-ring (bicyclic) bond motifs is 1. The summed E-state index contributed by atoms with van der Waals surface area (Å²) in [6, 6.07) is 7.53. The molecule has 0 aliphatic carbocycles. The Balaban J connectivity index is 1.67. The van der Waals surface area contributed by atoms with E-state index in [1.165, 1.54) is 7.11 Å². The van der Waals surface area contributed by atoms with Crippen LogP contribution in [0.25, 0.3) is 22.0 Å². The van der Waals surface area contributed by atoms with E-state index in [2.05, 4.69) is 42.0 Å². The number of H-pyrrole nitrogens is 1. The standard InChI is InChI=1S/C21H22N6O3/c1-29-21(28)24-18-13-14(4-5-23-18)16-11-15(19-17(12-16)20(22)26-25-19)3-2-6-27-7-9-30-10-8-27/h4-5,11-13H,6-10H2,1H3,(H3,22,25,26)(H,23,24,28). The minimum atomic E-state index is -0.580. The van der Waals surface area contributed by atoms with E-state index in [-0.39, 0.29) is 0 Å². The van der Waals surface area contributed by atoms with Crippen LogP contribution in [0.15, 0.2) is 30.5 Å². The van der Waals surface area contributed by atoms with E-state index in [1.807, 2.05) is 18.2 Å². The van der Waals surface area contributed by atoms with E-state index in [4.69, 9.17) is 10.5 Å². The predicted molar refractivity (Wildman–Crippen MR) is 114 cm³/mol.